The number of amides is 1. The molecule has 0 bridgehead atoms. The molecule has 1 rings (SSSR count). The lowest BCUT2D eigenvalue weighted by atomic mass is 9.96. The van der Waals surface area contributed by atoms with Gasteiger partial charge in [0.2, 0.25) is 0 Å². The fourth-order valence-electron chi connectivity index (χ4n) is 1.87. The summed E-state index contributed by atoms with van der Waals surface area (Å²) in [6.45, 7) is 4.07. The molecule has 4 nitrogen and oxygen atoms in total. The van der Waals surface area contributed by atoms with Gasteiger partial charge in [0, 0.05) is 6.54 Å². The summed E-state index contributed by atoms with van der Waals surface area (Å²) in [6.07, 6.45) is 1.98. The van der Waals surface area contributed by atoms with E-state index in [9.17, 15) is 14.3 Å². The summed E-state index contributed by atoms with van der Waals surface area (Å²) >= 11 is 5.72. The van der Waals surface area contributed by atoms with E-state index in [2.05, 4.69) is 10.3 Å². The molecule has 0 aliphatic rings. The lowest BCUT2D eigenvalue weighted by molar-refractivity contribution is 0.0816. The molecule has 0 saturated heterocycles. The Morgan fingerprint density at radius 3 is 2.74 bits per heavy atom. The molecule has 6 heteroatoms. The van der Waals surface area contributed by atoms with E-state index in [-0.39, 0.29) is 23.2 Å². The summed E-state index contributed by atoms with van der Waals surface area (Å²) in [4.78, 5) is 15.4. The molecule has 1 aromatic heterocycles. The fourth-order valence-corrected chi connectivity index (χ4v) is 2.06. The minimum absolute atomic E-state index is 0.0292. The van der Waals surface area contributed by atoms with Crippen LogP contribution in [0.4, 0.5) is 4.39 Å². The molecule has 1 heterocycles. The second-order valence-electron chi connectivity index (χ2n) is 4.35. The first kappa shape index (κ1) is 15.9. The van der Waals surface area contributed by atoms with Gasteiger partial charge in [0.25, 0.3) is 5.91 Å². The number of aliphatic hydroxyl groups is 1. The van der Waals surface area contributed by atoms with Gasteiger partial charge >= 0.3 is 0 Å². The quantitative estimate of drug-likeness (QED) is 0.790. The summed E-state index contributed by atoms with van der Waals surface area (Å²) in [5, 5.41) is 12.4. The zero-order chi connectivity index (χ0) is 14.4. The second kappa shape index (κ2) is 7.40. The van der Waals surface area contributed by atoms with Crippen molar-refractivity contribution in [3.63, 3.8) is 0 Å². The molecule has 0 fully saturated rings. The molecular weight excluding hydrogens is 271 g/mol. The van der Waals surface area contributed by atoms with E-state index >= 15 is 0 Å². The van der Waals surface area contributed by atoms with E-state index in [1.54, 1.807) is 0 Å². The highest BCUT2D eigenvalue weighted by Gasteiger charge is 2.18. The average molecular weight is 289 g/mol. The maximum Gasteiger partial charge on any atom is 0.254 e. The monoisotopic (exact) mass is 288 g/mol. The van der Waals surface area contributed by atoms with Gasteiger partial charge < -0.3 is 10.4 Å². The molecule has 0 aliphatic heterocycles. The van der Waals surface area contributed by atoms with E-state index in [1.165, 1.54) is 0 Å². The molecule has 0 spiro atoms. The van der Waals surface area contributed by atoms with Gasteiger partial charge in [-0.2, -0.15) is 0 Å². The summed E-state index contributed by atoms with van der Waals surface area (Å²) in [5.41, 5.74) is -0.0292. The molecule has 1 aromatic rings. The summed E-state index contributed by atoms with van der Waals surface area (Å²) in [7, 11) is 0. The summed E-state index contributed by atoms with van der Waals surface area (Å²) < 4.78 is 13.0. The largest absolute Gasteiger partial charge is 0.391 e. The lowest BCUT2D eigenvalue weighted by Gasteiger charge is -2.20. The van der Waals surface area contributed by atoms with Crippen molar-refractivity contribution in [2.24, 2.45) is 5.92 Å². The van der Waals surface area contributed by atoms with Gasteiger partial charge in [0.05, 0.1) is 17.9 Å². The number of rotatable bonds is 6. The maximum absolute atomic E-state index is 13.0. The van der Waals surface area contributed by atoms with Crippen LogP contribution in [0.3, 0.4) is 0 Å². The van der Waals surface area contributed by atoms with Crippen LogP contribution in [-0.2, 0) is 0 Å². The van der Waals surface area contributed by atoms with Gasteiger partial charge in [-0.05, 0) is 12.0 Å². The third kappa shape index (κ3) is 4.44. The normalized spacial score (nSPS) is 12.5. The van der Waals surface area contributed by atoms with E-state index in [1.807, 2.05) is 13.8 Å². The Labute approximate surface area is 117 Å². The number of hydrogen-bond acceptors (Lipinski definition) is 3. The van der Waals surface area contributed by atoms with E-state index in [4.69, 9.17) is 11.6 Å². The number of nitrogens with zero attached hydrogens (tertiary/aromatic N) is 1. The van der Waals surface area contributed by atoms with Crippen molar-refractivity contribution in [2.45, 2.75) is 32.8 Å². The number of halogens is 2. The molecule has 0 radical (unpaired) electrons. The Morgan fingerprint density at radius 1 is 1.53 bits per heavy atom. The number of carbonyl (C=O) groups excluding carboxylic acids is 1. The number of pyridine rings is 1. The van der Waals surface area contributed by atoms with Crippen molar-refractivity contribution >= 4 is 17.5 Å². The highest BCUT2D eigenvalue weighted by molar-refractivity contribution is 6.32. The van der Waals surface area contributed by atoms with E-state index < -0.39 is 17.8 Å². The van der Waals surface area contributed by atoms with Crippen molar-refractivity contribution in [3.8, 4) is 0 Å². The minimum Gasteiger partial charge on any atom is -0.391 e. The number of hydrogen-bond donors (Lipinski definition) is 2. The molecule has 1 unspecified atom stereocenters. The number of carbonyl (C=O) groups is 1. The predicted octanol–water partition coefficient (Wildman–Crippen LogP) is 2.40. The van der Waals surface area contributed by atoms with Gasteiger partial charge in [0.15, 0.2) is 0 Å². The molecule has 1 atom stereocenters. The fraction of sp³-hybridized carbons (Fsp3) is 0.538. The molecule has 0 saturated carbocycles. The van der Waals surface area contributed by atoms with Crippen LogP contribution >= 0.6 is 11.6 Å². The van der Waals surface area contributed by atoms with E-state index in [0.29, 0.717) is 0 Å². The van der Waals surface area contributed by atoms with Gasteiger partial charge in [-0.15, -0.1) is 0 Å². The second-order valence-corrected chi connectivity index (χ2v) is 4.70. The van der Waals surface area contributed by atoms with Crippen molar-refractivity contribution in [2.75, 3.05) is 6.54 Å². The van der Waals surface area contributed by atoms with Gasteiger partial charge in [-0.3, -0.25) is 4.79 Å². The van der Waals surface area contributed by atoms with Gasteiger partial charge in [-0.25, -0.2) is 9.37 Å². The van der Waals surface area contributed by atoms with Crippen molar-refractivity contribution in [1.82, 2.24) is 10.3 Å². The first-order valence-corrected chi connectivity index (χ1v) is 6.64. The van der Waals surface area contributed by atoms with Gasteiger partial charge in [0.1, 0.15) is 11.0 Å². The first-order chi connectivity index (χ1) is 8.99. The van der Waals surface area contributed by atoms with Crippen LogP contribution in [0, 0.1) is 11.7 Å². The third-order valence-electron chi connectivity index (χ3n) is 3.11. The van der Waals surface area contributed by atoms with Crippen LogP contribution in [0.25, 0.3) is 0 Å². The molecule has 0 aliphatic carbocycles. The van der Waals surface area contributed by atoms with E-state index in [0.717, 1.165) is 25.1 Å². The molecular formula is C13H18ClFN2O2. The highest BCUT2D eigenvalue weighted by atomic mass is 35.5. The molecule has 2 N–H and O–H groups in total. The number of aliphatic hydroxyl groups excluding tert-OH is 1. The van der Waals surface area contributed by atoms with Crippen molar-refractivity contribution in [3.05, 3.63) is 28.8 Å². The Morgan fingerprint density at radius 2 is 2.16 bits per heavy atom. The van der Waals surface area contributed by atoms with Crippen molar-refractivity contribution in [1.29, 1.82) is 0 Å². The Bertz CT molecular complexity index is 439. The van der Waals surface area contributed by atoms with Gasteiger partial charge in [-0.1, -0.05) is 38.3 Å². The van der Waals surface area contributed by atoms with Crippen LogP contribution in [0.1, 0.15) is 37.0 Å². The highest BCUT2D eigenvalue weighted by Crippen LogP contribution is 2.15. The maximum atomic E-state index is 13.0. The van der Waals surface area contributed by atoms with Crippen molar-refractivity contribution < 1.29 is 14.3 Å². The Hall–Kier alpha value is -1.20. The Kier molecular flexibility index (Phi) is 6.18. The van der Waals surface area contributed by atoms with Crippen LogP contribution < -0.4 is 5.32 Å². The van der Waals surface area contributed by atoms with Crippen LogP contribution in [-0.4, -0.2) is 28.6 Å². The topological polar surface area (TPSA) is 62.2 Å². The summed E-state index contributed by atoms with van der Waals surface area (Å²) in [5.74, 6) is -1.04. The number of aromatic nitrogens is 1. The van der Waals surface area contributed by atoms with Crippen LogP contribution in [0.15, 0.2) is 12.3 Å². The van der Waals surface area contributed by atoms with Crippen LogP contribution in [0.2, 0.25) is 5.15 Å². The lowest BCUT2D eigenvalue weighted by Crippen LogP contribution is -2.36. The standard InChI is InChI=1S/C13H18ClFN2O2/c1-3-8(4-2)11(18)7-17-13(19)10-5-9(15)6-16-12(10)14/h5-6,8,11,18H,3-4,7H2,1-2H3,(H,17,19). The average Bonchev–Trinajstić information content (AvgIpc) is 2.40. The molecule has 106 valence electrons. The first-order valence-electron chi connectivity index (χ1n) is 6.26. The molecule has 19 heavy (non-hydrogen) atoms. The smallest absolute Gasteiger partial charge is 0.254 e. The summed E-state index contributed by atoms with van der Waals surface area (Å²) in [6, 6.07) is 1.02. The zero-order valence-corrected chi connectivity index (χ0v) is 11.7. The number of nitrogens with one attached hydrogen (secondary N) is 1. The predicted molar refractivity (Wildman–Crippen MR) is 71.6 cm³/mol. The molecule has 0 aromatic carbocycles. The van der Waals surface area contributed by atoms with Crippen LogP contribution in [0.5, 0.6) is 0 Å². The zero-order valence-electron chi connectivity index (χ0n) is 11.0. The minimum atomic E-state index is -0.630. The Balaban J connectivity index is 2.63. The third-order valence-corrected chi connectivity index (χ3v) is 3.42. The molecule has 1 amide bonds. The SMILES string of the molecule is CCC(CC)C(O)CNC(=O)c1cc(F)cnc1Cl.